The zero-order valence-electron chi connectivity index (χ0n) is 6.53. The molecule has 0 aromatic rings. The van der Waals surface area contributed by atoms with Gasteiger partial charge in [-0.3, -0.25) is 4.79 Å². The molecule has 0 aliphatic rings. The van der Waals surface area contributed by atoms with Crippen LogP contribution in [0.1, 0.15) is 20.8 Å². The summed E-state index contributed by atoms with van der Waals surface area (Å²) >= 11 is 0. The van der Waals surface area contributed by atoms with E-state index in [1.54, 1.807) is 0 Å². The van der Waals surface area contributed by atoms with Gasteiger partial charge in [0.05, 0.1) is 0 Å². The summed E-state index contributed by atoms with van der Waals surface area (Å²) in [5.74, 6) is 0.110. The summed E-state index contributed by atoms with van der Waals surface area (Å²) in [6.45, 7) is 5.72. The molecule has 0 bridgehead atoms. The van der Waals surface area contributed by atoms with E-state index in [-0.39, 0.29) is 11.7 Å². The largest absolute Gasteiger partial charge is 0.361 e. The summed E-state index contributed by atoms with van der Waals surface area (Å²) in [5.41, 5.74) is 8.02. The Hall–Kier alpha value is -0.950. The first kappa shape index (κ1) is 9.05. The van der Waals surface area contributed by atoms with Crippen LogP contribution in [0.3, 0.4) is 0 Å². The summed E-state index contributed by atoms with van der Waals surface area (Å²) in [7, 11) is 0. The molecule has 0 N–H and O–H groups in total. The van der Waals surface area contributed by atoms with Crippen LogP contribution >= 0.6 is 0 Å². The molecule has 0 radical (unpaired) electrons. The lowest BCUT2D eigenvalue weighted by Crippen LogP contribution is -2.17. The SMILES string of the molecule is CC(C)[C@@H](C)C(=O)C=[N+]=[N-]. The smallest absolute Gasteiger partial charge is 0.323 e. The van der Waals surface area contributed by atoms with Gasteiger partial charge in [0, 0.05) is 5.92 Å². The van der Waals surface area contributed by atoms with Crippen LogP contribution in [0.25, 0.3) is 5.53 Å². The summed E-state index contributed by atoms with van der Waals surface area (Å²) < 4.78 is 0. The minimum atomic E-state index is -0.127. The fourth-order valence-corrected chi connectivity index (χ4v) is 0.503. The number of ketones is 1. The summed E-state index contributed by atoms with van der Waals surface area (Å²) in [5, 5.41) is 0. The molecule has 56 valence electrons. The average Bonchev–Trinajstić information content (AvgIpc) is 1.87. The van der Waals surface area contributed by atoms with Gasteiger partial charge in [-0.15, -0.1) is 0 Å². The van der Waals surface area contributed by atoms with Crippen molar-refractivity contribution in [2.75, 3.05) is 0 Å². The van der Waals surface area contributed by atoms with Crippen LogP contribution < -0.4 is 0 Å². The Labute approximate surface area is 60.7 Å². The molecular weight excluding hydrogens is 128 g/mol. The van der Waals surface area contributed by atoms with Crippen LogP contribution in [0.5, 0.6) is 0 Å². The molecule has 3 nitrogen and oxygen atoms in total. The summed E-state index contributed by atoms with van der Waals surface area (Å²) in [4.78, 5) is 13.5. The van der Waals surface area contributed by atoms with E-state index in [4.69, 9.17) is 5.53 Å². The van der Waals surface area contributed by atoms with Gasteiger partial charge in [-0.2, -0.15) is 4.79 Å². The Kier molecular flexibility index (Phi) is 3.59. The Bertz CT molecular complexity index is 168. The monoisotopic (exact) mass is 140 g/mol. The first-order chi connectivity index (χ1) is 4.59. The van der Waals surface area contributed by atoms with E-state index < -0.39 is 0 Å². The third-order valence-corrected chi connectivity index (χ3v) is 1.63. The van der Waals surface area contributed by atoms with Gasteiger partial charge in [0.15, 0.2) is 0 Å². The van der Waals surface area contributed by atoms with Crippen LogP contribution in [-0.4, -0.2) is 16.8 Å². The standard InChI is InChI=1S/C7H12N2O/c1-5(2)6(3)7(10)4-9-8/h4-6H,1-3H3/t6-/m1/s1. The number of carbonyl (C=O) groups is 1. The van der Waals surface area contributed by atoms with Crippen molar-refractivity contribution in [2.24, 2.45) is 11.8 Å². The van der Waals surface area contributed by atoms with E-state index in [2.05, 4.69) is 4.79 Å². The van der Waals surface area contributed by atoms with Crippen LogP contribution in [0.4, 0.5) is 0 Å². The normalized spacial score (nSPS) is 12.4. The third-order valence-electron chi connectivity index (χ3n) is 1.63. The molecule has 3 heteroatoms. The van der Waals surface area contributed by atoms with Crippen molar-refractivity contribution >= 4 is 12.0 Å². The zero-order chi connectivity index (χ0) is 8.15. The van der Waals surface area contributed by atoms with E-state index in [1.807, 2.05) is 20.8 Å². The lowest BCUT2D eigenvalue weighted by Gasteiger charge is -2.07. The van der Waals surface area contributed by atoms with Gasteiger partial charge < -0.3 is 5.53 Å². The van der Waals surface area contributed by atoms with Crippen molar-refractivity contribution in [2.45, 2.75) is 20.8 Å². The molecule has 10 heavy (non-hydrogen) atoms. The van der Waals surface area contributed by atoms with Crippen molar-refractivity contribution in [1.29, 1.82) is 0 Å². The molecule has 0 amide bonds. The summed E-state index contributed by atoms with van der Waals surface area (Å²) in [6.07, 6.45) is 0.949. The number of Topliss-reactive ketones (excluding diaryl/α,β-unsaturated/α-hetero) is 1. The van der Waals surface area contributed by atoms with Crippen molar-refractivity contribution in [1.82, 2.24) is 0 Å². The van der Waals surface area contributed by atoms with E-state index in [0.717, 1.165) is 6.21 Å². The molecule has 0 rings (SSSR count). The van der Waals surface area contributed by atoms with Crippen LogP contribution in [0.15, 0.2) is 0 Å². The van der Waals surface area contributed by atoms with Crippen LogP contribution in [0, 0.1) is 11.8 Å². The number of hydrogen-bond donors (Lipinski definition) is 0. The Morgan fingerprint density at radius 3 is 2.30 bits per heavy atom. The van der Waals surface area contributed by atoms with Gasteiger partial charge in [-0.1, -0.05) is 20.8 Å². The Balaban J connectivity index is 4.07. The second-order valence-electron chi connectivity index (χ2n) is 2.68. The molecule has 0 aromatic heterocycles. The van der Waals surface area contributed by atoms with Gasteiger partial charge in [0.25, 0.3) is 0 Å². The molecule has 0 aliphatic carbocycles. The van der Waals surface area contributed by atoms with E-state index >= 15 is 0 Å². The molecule has 0 saturated heterocycles. The fourth-order valence-electron chi connectivity index (χ4n) is 0.503. The molecule has 0 spiro atoms. The molecule has 0 aliphatic heterocycles. The molecule has 0 heterocycles. The minimum Gasteiger partial charge on any atom is -0.361 e. The second-order valence-corrected chi connectivity index (χ2v) is 2.68. The number of rotatable bonds is 3. The minimum absolute atomic E-state index is 0.0594. The first-order valence-corrected chi connectivity index (χ1v) is 3.31. The topological polar surface area (TPSA) is 53.5 Å². The zero-order valence-corrected chi connectivity index (χ0v) is 6.53. The van der Waals surface area contributed by atoms with Crippen molar-refractivity contribution in [3.05, 3.63) is 5.53 Å². The fraction of sp³-hybridized carbons (Fsp3) is 0.714. The number of carbonyl (C=O) groups excluding carboxylic acids is 1. The highest BCUT2D eigenvalue weighted by atomic mass is 16.1. The average molecular weight is 140 g/mol. The number of hydrogen-bond acceptors (Lipinski definition) is 1. The molecular formula is C7H12N2O. The van der Waals surface area contributed by atoms with Gasteiger partial charge in [0.1, 0.15) is 0 Å². The van der Waals surface area contributed by atoms with Gasteiger partial charge >= 0.3 is 6.21 Å². The molecule has 0 saturated carbocycles. The Morgan fingerprint density at radius 1 is 1.50 bits per heavy atom. The third kappa shape index (κ3) is 2.55. The predicted octanol–water partition coefficient (Wildman–Crippen LogP) is 1.15. The summed E-state index contributed by atoms with van der Waals surface area (Å²) in [6, 6.07) is 0. The molecule has 1 atom stereocenters. The maximum absolute atomic E-state index is 10.9. The van der Waals surface area contributed by atoms with Gasteiger partial charge in [-0.05, 0) is 5.92 Å². The lowest BCUT2D eigenvalue weighted by molar-refractivity contribution is -0.120. The second kappa shape index (κ2) is 3.96. The van der Waals surface area contributed by atoms with Crippen molar-refractivity contribution < 1.29 is 9.58 Å². The van der Waals surface area contributed by atoms with Crippen molar-refractivity contribution in [3.63, 3.8) is 0 Å². The van der Waals surface area contributed by atoms with Gasteiger partial charge in [-0.25, -0.2) is 0 Å². The maximum Gasteiger partial charge on any atom is 0.323 e. The van der Waals surface area contributed by atoms with E-state index in [0.29, 0.717) is 5.92 Å². The quantitative estimate of drug-likeness (QED) is 0.329. The number of nitrogens with zero attached hydrogens (tertiary/aromatic N) is 2. The first-order valence-electron chi connectivity index (χ1n) is 3.31. The van der Waals surface area contributed by atoms with Gasteiger partial charge in [0.2, 0.25) is 5.78 Å². The van der Waals surface area contributed by atoms with Crippen LogP contribution in [-0.2, 0) is 4.79 Å². The van der Waals surface area contributed by atoms with E-state index in [9.17, 15) is 4.79 Å². The van der Waals surface area contributed by atoms with E-state index in [1.165, 1.54) is 0 Å². The lowest BCUT2D eigenvalue weighted by atomic mass is 9.94. The maximum atomic E-state index is 10.9. The Morgan fingerprint density at radius 2 is 2.00 bits per heavy atom. The molecule has 0 fully saturated rings. The highest BCUT2D eigenvalue weighted by Crippen LogP contribution is 2.08. The highest BCUT2D eigenvalue weighted by Gasteiger charge is 2.17. The highest BCUT2D eigenvalue weighted by molar-refractivity contribution is 6.26. The molecule has 0 unspecified atom stereocenters. The van der Waals surface area contributed by atoms with Crippen LogP contribution in [0.2, 0.25) is 0 Å². The molecule has 0 aromatic carbocycles. The van der Waals surface area contributed by atoms with Crippen molar-refractivity contribution in [3.8, 4) is 0 Å². The predicted molar refractivity (Wildman–Crippen MR) is 38.7 cm³/mol.